The second kappa shape index (κ2) is 6.09. The number of esters is 1. The van der Waals surface area contributed by atoms with Gasteiger partial charge in [0.25, 0.3) is 0 Å². The summed E-state index contributed by atoms with van der Waals surface area (Å²) in [5.74, 6) is 1.06. The fourth-order valence-electron chi connectivity index (χ4n) is 6.07. The van der Waals surface area contributed by atoms with Crippen molar-refractivity contribution in [2.75, 3.05) is 19.8 Å². The minimum atomic E-state index is -0.303. The van der Waals surface area contributed by atoms with Crippen LogP contribution in [0, 0.1) is 17.3 Å². The topological polar surface area (TPSA) is 44.8 Å². The monoisotopic (exact) mass is 348 g/mol. The van der Waals surface area contributed by atoms with Gasteiger partial charge in [-0.1, -0.05) is 13.5 Å². The maximum atomic E-state index is 12.2. The quantitative estimate of drug-likeness (QED) is 0.515. The van der Waals surface area contributed by atoms with Crippen LogP contribution in [0.5, 0.6) is 0 Å². The second-order valence-electron chi connectivity index (χ2n) is 9.44. The maximum Gasteiger partial charge on any atom is 0.333 e. The van der Waals surface area contributed by atoms with Gasteiger partial charge in [0.15, 0.2) is 0 Å². The Balaban J connectivity index is 1.43. The fraction of sp³-hybridized carbons (Fsp3) is 0.857. The van der Waals surface area contributed by atoms with Gasteiger partial charge in [0, 0.05) is 24.0 Å². The highest BCUT2D eigenvalue weighted by atomic mass is 16.6. The molecule has 5 rings (SSSR count). The normalized spacial score (nSPS) is 40.6. The molecule has 1 heterocycles. The predicted molar refractivity (Wildman–Crippen MR) is 95.2 cm³/mol. The van der Waals surface area contributed by atoms with Crippen molar-refractivity contribution >= 4 is 5.97 Å². The van der Waals surface area contributed by atoms with Crippen LogP contribution in [0.15, 0.2) is 12.2 Å². The van der Waals surface area contributed by atoms with Crippen LogP contribution in [0.2, 0.25) is 0 Å². The zero-order valence-electron chi connectivity index (χ0n) is 15.8. The van der Waals surface area contributed by atoms with Crippen molar-refractivity contribution in [1.82, 2.24) is 0 Å². The van der Waals surface area contributed by atoms with Crippen molar-refractivity contribution in [3.63, 3.8) is 0 Å². The molecule has 140 valence electrons. The molecule has 4 aliphatic carbocycles. The predicted octanol–water partition coefficient (Wildman–Crippen LogP) is 4.03. The third kappa shape index (κ3) is 3.16. The van der Waals surface area contributed by atoms with Crippen LogP contribution in [0.4, 0.5) is 0 Å². The first-order valence-electron chi connectivity index (χ1n) is 9.98. The minimum absolute atomic E-state index is 0.0705. The molecule has 5 aliphatic rings. The molecule has 0 amide bonds. The molecular weight excluding hydrogens is 316 g/mol. The van der Waals surface area contributed by atoms with Crippen molar-refractivity contribution in [3.8, 4) is 0 Å². The van der Waals surface area contributed by atoms with Gasteiger partial charge in [-0.2, -0.15) is 0 Å². The Morgan fingerprint density at radius 1 is 1.16 bits per heavy atom. The van der Waals surface area contributed by atoms with Crippen LogP contribution in [0.25, 0.3) is 0 Å². The zero-order valence-corrected chi connectivity index (χ0v) is 15.8. The van der Waals surface area contributed by atoms with Gasteiger partial charge in [-0.05, 0) is 63.7 Å². The Bertz CT molecular complexity index is 543. The van der Waals surface area contributed by atoms with Gasteiger partial charge in [-0.15, -0.1) is 0 Å². The summed E-state index contributed by atoms with van der Waals surface area (Å²) in [7, 11) is 0. The molecule has 0 aromatic rings. The van der Waals surface area contributed by atoms with Gasteiger partial charge in [-0.25, -0.2) is 4.79 Å². The van der Waals surface area contributed by atoms with Crippen molar-refractivity contribution in [2.45, 2.75) is 76.4 Å². The van der Waals surface area contributed by atoms with Crippen molar-refractivity contribution < 1.29 is 19.0 Å². The molecule has 0 aromatic carbocycles. The van der Waals surface area contributed by atoms with E-state index >= 15 is 0 Å². The van der Waals surface area contributed by atoms with E-state index < -0.39 is 0 Å². The molecule has 2 unspecified atom stereocenters. The zero-order chi connectivity index (χ0) is 17.7. The van der Waals surface area contributed by atoms with Crippen molar-refractivity contribution in [1.29, 1.82) is 0 Å². The second-order valence-corrected chi connectivity index (χ2v) is 9.44. The lowest BCUT2D eigenvalue weighted by Gasteiger charge is -2.60. The molecule has 25 heavy (non-hydrogen) atoms. The van der Waals surface area contributed by atoms with E-state index in [2.05, 4.69) is 13.5 Å². The molecule has 0 aromatic heterocycles. The molecule has 0 spiro atoms. The van der Waals surface area contributed by atoms with E-state index in [1.54, 1.807) is 6.92 Å². The van der Waals surface area contributed by atoms with E-state index in [0.29, 0.717) is 22.8 Å². The summed E-state index contributed by atoms with van der Waals surface area (Å²) in [4.78, 5) is 12.2. The van der Waals surface area contributed by atoms with Gasteiger partial charge in [-0.3, -0.25) is 0 Å². The van der Waals surface area contributed by atoms with Crippen molar-refractivity contribution in [3.05, 3.63) is 12.2 Å². The summed E-state index contributed by atoms with van der Waals surface area (Å²) < 4.78 is 18.0. The molecule has 1 aliphatic heterocycles. The lowest BCUT2D eigenvalue weighted by Crippen LogP contribution is -2.61. The van der Waals surface area contributed by atoms with Gasteiger partial charge < -0.3 is 14.2 Å². The minimum Gasteiger partial charge on any atom is -0.456 e. The average Bonchev–Trinajstić information content (AvgIpc) is 2.48. The highest BCUT2D eigenvalue weighted by Crippen LogP contribution is 2.60. The molecule has 4 nitrogen and oxygen atoms in total. The van der Waals surface area contributed by atoms with E-state index in [-0.39, 0.29) is 17.2 Å². The van der Waals surface area contributed by atoms with E-state index in [4.69, 9.17) is 14.2 Å². The van der Waals surface area contributed by atoms with Crippen LogP contribution in [0.3, 0.4) is 0 Å². The van der Waals surface area contributed by atoms with E-state index in [1.807, 2.05) is 0 Å². The lowest BCUT2D eigenvalue weighted by atomic mass is 9.52. The Morgan fingerprint density at radius 3 is 2.32 bits per heavy atom. The Kier molecular flexibility index (Phi) is 4.27. The van der Waals surface area contributed by atoms with Gasteiger partial charge in [0.2, 0.25) is 0 Å². The third-order valence-electron chi connectivity index (χ3n) is 7.22. The van der Waals surface area contributed by atoms with Gasteiger partial charge >= 0.3 is 5.97 Å². The number of hydrogen-bond acceptors (Lipinski definition) is 4. The van der Waals surface area contributed by atoms with Crippen LogP contribution in [0.1, 0.15) is 65.2 Å². The van der Waals surface area contributed by atoms with Crippen LogP contribution in [-0.4, -0.2) is 37.0 Å². The van der Waals surface area contributed by atoms with E-state index in [1.165, 1.54) is 6.42 Å². The SMILES string of the molecule is C=C(C)C(=O)OC12CC3CC(CC(OCCC4(CC)COC4)(C3)C1)C2. The lowest BCUT2D eigenvalue weighted by molar-refractivity contribution is -0.236. The number of rotatable bonds is 7. The highest BCUT2D eigenvalue weighted by Gasteiger charge is 2.60. The van der Waals surface area contributed by atoms with Gasteiger partial charge in [0.1, 0.15) is 5.60 Å². The Hall–Kier alpha value is -0.870. The molecule has 1 saturated heterocycles. The summed E-state index contributed by atoms with van der Waals surface area (Å²) in [5, 5.41) is 0. The first-order chi connectivity index (χ1) is 11.9. The summed E-state index contributed by atoms with van der Waals surface area (Å²) >= 11 is 0. The van der Waals surface area contributed by atoms with E-state index in [0.717, 1.165) is 64.8 Å². The first kappa shape index (κ1) is 17.5. The molecule has 2 atom stereocenters. The number of carbonyl (C=O) groups is 1. The summed E-state index contributed by atoms with van der Waals surface area (Å²) in [5.41, 5.74) is 0.466. The number of ether oxygens (including phenoxy) is 3. The average molecular weight is 348 g/mol. The first-order valence-corrected chi connectivity index (χ1v) is 9.98. The molecule has 5 fully saturated rings. The summed E-state index contributed by atoms with van der Waals surface area (Å²) in [6.45, 7) is 10.3. The van der Waals surface area contributed by atoms with Crippen LogP contribution >= 0.6 is 0 Å². The largest absolute Gasteiger partial charge is 0.456 e. The maximum absolute atomic E-state index is 12.2. The molecule has 0 radical (unpaired) electrons. The molecular formula is C21H32O4. The molecule has 4 heteroatoms. The smallest absolute Gasteiger partial charge is 0.333 e. The summed E-state index contributed by atoms with van der Waals surface area (Å²) in [6.07, 6.45) is 8.72. The molecule has 4 saturated carbocycles. The van der Waals surface area contributed by atoms with Crippen LogP contribution in [-0.2, 0) is 19.0 Å². The Labute approximate surface area is 151 Å². The number of hydrogen-bond donors (Lipinski definition) is 0. The standard InChI is InChI=1S/C21H32O4/c1-4-19(13-23-14-19)5-6-24-20-8-16-7-17(9-20)11-21(10-16,12-20)25-18(22)15(2)3/h16-17H,2,4-14H2,1,3H3. The Morgan fingerprint density at radius 2 is 1.80 bits per heavy atom. The summed E-state index contributed by atoms with van der Waals surface area (Å²) in [6, 6.07) is 0. The van der Waals surface area contributed by atoms with Gasteiger partial charge in [0.05, 0.1) is 18.8 Å². The molecule has 4 bridgehead atoms. The van der Waals surface area contributed by atoms with Crippen molar-refractivity contribution in [2.24, 2.45) is 17.3 Å². The highest BCUT2D eigenvalue weighted by molar-refractivity contribution is 5.87. The number of carbonyl (C=O) groups excluding carboxylic acids is 1. The third-order valence-corrected chi connectivity index (χ3v) is 7.22. The van der Waals surface area contributed by atoms with Crippen LogP contribution < -0.4 is 0 Å². The fourth-order valence-corrected chi connectivity index (χ4v) is 6.07. The molecule has 0 N–H and O–H groups in total. The van der Waals surface area contributed by atoms with E-state index in [9.17, 15) is 4.79 Å².